The lowest BCUT2D eigenvalue weighted by atomic mass is 10.1. The van der Waals surface area contributed by atoms with E-state index in [2.05, 4.69) is 0 Å². The van der Waals surface area contributed by atoms with E-state index in [1.54, 1.807) is 6.92 Å². The highest BCUT2D eigenvalue weighted by Crippen LogP contribution is 2.22. The highest BCUT2D eigenvalue weighted by atomic mass is 32.2. The molecule has 1 saturated heterocycles. The van der Waals surface area contributed by atoms with E-state index in [0.29, 0.717) is 6.42 Å². The van der Waals surface area contributed by atoms with Gasteiger partial charge in [-0.25, -0.2) is 8.42 Å². The quantitative estimate of drug-likeness (QED) is 0.787. The summed E-state index contributed by atoms with van der Waals surface area (Å²) < 4.78 is 28.1. The van der Waals surface area contributed by atoms with Crippen LogP contribution in [0.2, 0.25) is 0 Å². The fourth-order valence-electron chi connectivity index (χ4n) is 2.26. The number of benzene rings is 1. The van der Waals surface area contributed by atoms with E-state index in [0.717, 1.165) is 5.56 Å². The molecule has 1 aromatic rings. The summed E-state index contributed by atoms with van der Waals surface area (Å²) in [5, 5.41) is 0. The number of esters is 1. The Labute approximate surface area is 113 Å². The minimum atomic E-state index is -3.03. The summed E-state index contributed by atoms with van der Waals surface area (Å²) in [7, 11) is -3.03. The van der Waals surface area contributed by atoms with E-state index >= 15 is 0 Å². The molecular weight excluding hydrogens is 264 g/mol. The van der Waals surface area contributed by atoms with Gasteiger partial charge in [-0.1, -0.05) is 37.3 Å². The van der Waals surface area contributed by atoms with Crippen molar-refractivity contribution in [1.82, 2.24) is 0 Å². The zero-order chi connectivity index (χ0) is 13.9. The predicted molar refractivity (Wildman–Crippen MR) is 72.5 cm³/mol. The van der Waals surface area contributed by atoms with E-state index in [-0.39, 0.29) is 29.8 Å². The molecule has 0 bridgehead atoms. The summed E-state index contributed by atoms with van der Waals surface area (Å²) in [4.78, 5) is 11.7. The van der Waals surface area contributed by atoms with Crippen LogP contribution in [0.25, 0.3) is 0 Å². The van der Waals surface area contributed by atoms with Gasteiger partial charge in [0.05, 0.1) is 11.5 Å². The van der Waals surface area contributed by atoms with Gasteiger partial charge in [0, 0.05) is 12.3 Å². The monoisotopic (exact) mass is 282 g/mol. The van der Waals surface area contributed by atoms with Crippen molar-refractivity contribution in [2.24, 2.45) is 5.92 Å². The second kappa shape index (κ2) is 5.74. The van der Waals surface area contributed by atoms with Gasteiger partial charge < -0.3 is 4.74 Å². The number of rotatable bonds is 4. The Morgan fingerprint density at radius 3 is 2.53 bits per heavy atom. The Balaban J connectivity index is 1.82. The van der Waals surface area contributed by atoms with Gasteiger partial charge in [-0.15, -0.1) is 0 Å². The lowest BCUT2D eigenvalue weighted by Crippen LogP contribution is -2.24. The van der Waals surface area contributed by atoms with Crippen LogP contribution in [0.15, 0.2) is 30.3 Å². The number of carbonyl (C=O) groups is 1. The third-order valence-corrected chi connectivity index (χ3v) is 5.18. The molecule has 104 valence electrons. The molecule has 0 radical (unpaired) electrons. The lowest BCUT2D eigenvalue weighted by Gasteiger charge is -2.14. The standard InChI is InChI=1S/C14H18O4S/c1-11-9-19(16,17)10-13(11)18-14(15)8-7-12-5-3-2-4-6-12/h2-6,11,13H,7-10H2,1H3/t11-,13+/m1/s1. The molecule has 0 N–H and O–H groups in total. The Hall–Kier alpha value is -1.36. The van der Waals surface area contributed by atoms with E-state index < -0.39 is 15.9 Å². The Morgan fingerprint density at radius 2 is 1.95 bits per heavy atom. The fourth-order valence-corrected chi connectivity index (χ4v) is 4.31. The summed E-state index contributed by atoms with van der Waals surface area (Å²) in [5.41, 5.74) is 1.08. The maximum Gasteiger partial charge on any atom is 0.306 e. The molecule has 2 atom stereocenters. The Bertz CT molecular complexity index is 536. The number of hydrogen-bond acceptors (Lipinski definition) is 4. The minimum absolute atomic E-state index is 0.0365. The van der Waals surface area contributed by atoms with Crippen LogP contribution in [0, 0.1) is 5.92 Å². The van der Waals surface area contributed by atoms with Crippen LogP contribution in [0.3, 0.4) is 0 Å². The zero-order valence-corrected chi connectivity index (χ0v) is 11.7. The molecular formula is C14H18O4S. The maximum absolute atomic E-state index is 11.7. The third-order valence-electron chi connectivity index (χ3n) is 3.31. The molecule has 19 heavy (non-hydrogen) atoms. The van der Waals surface area contributed by atoms with Gasteiger partial charge in [-0.05, 0) is 12.0 Å². The van der Waals surface area contributed by atoms with Crippen molar-refractivity contribution in [2.45, 2.75) is 25.9 Å². The molecule has 2 rings (SSSR count). The SMILES string of the molecule is C[C@@H]1CS(=O)(=O)C[C@@H]1OC(=O)CCc1ccccc1. The second-order valence-corrected chi connectivity index (χ2v) is 7.22. The molecule has 0 aliphatic carbocycles. The maximum atomic E-state index is 11.7. The van der Waals surface area contributed by atoms with Crippen LogP contribution in [0.1, 0.15) is 18.9 Å². The van der Waals surface area contributed by atoms with Crippen LogP contribution < -0.4 is 0 Å². The minimum Gasteiger partial charge on any atom is -0.461 e. The smallest absolute Gasteiger partial charge is 0.306 e. The highest BCUT2D eigenvalue weighted by molar-refractivity contribution is 7.91. The van der Waals surface area contributed by atoms with E-state index in [9.17, 15) is 13.2 Å². The molecule has 1 aliphatic rings. The van der Waals surface area contributed by atoms with Gasteiger partial charge in [0.1, 0.15) is 6.10 Å². The first-order valence-corrected chi connectivity index (χ1v) is 8.22. The molecule has 0 aromatic heterocycles. The van der Waals surface area contributed by atoms with Crippen LogP contribution in [-0.4, -0.2) is 32.0 Å². The van der Waals surface area contributed by atoms with Crippen molar-refractivity contribution in [3.63, 3.8) is 0 Å². The van der Waals surface area contributed by atoms with Crippen molar-refractivity contribution < 1.29 is 17.9 Å². The van der Waals surface area contributed by atoms with E-state index in [1.165, 1.54) is 0 Å². The topological polar surface area (TPSA) is 60.4 Å². The first-order chi connectivity index (χ1) is 8.96. The first kappa shape index (κ1) is 14.1. The van der Waals surface area contributed by atoms with Crippen molar-refractivity contribution in [2.75, 3.05) is 11.5 Å². The molecule has 0 saturated carbocycles. The fraction of sp³-hybridized carbons (Fsp3) is 0.500. The molecule has 0 unspecified atom stereocenters. The Morgan fingerprint density at radius 1 is 1.26 bits per heavy atom. The third kappa shape index (κ3) is 4.06. The Kier molecular flexibility index (Phi) is 4.24. The summed E-state index contributed by atoms with van der Waals surface area (Å²) in [6, 6.07) is 9.68. The molecule has 1 aliphatic heterocycles. The molecule has 4 nitrogen and oxygen atoms in total. The summed E-state index contributed by atoms with van der Waals surface area (Å²) in [6.07, 6.45) is 0.425. The normalized spacial score (nSPS) is 25.1. The number of ether oxygens (including phenoxy) is 1. The van der Waals surface area contributed by atoms with E-state index in [4.69, 9.17) is 4.74 Å². The summed E-state index contributed by atoms with van der Waals surface area (Å²) >= 11 is 0. The van der Waals surface area contributed by atoms with E-state index in [1.807, 2.05) is 30.3 Å². The summed E-state index contributed by atoms with van der Waals surface area (Å²) in [6.45, 7) is 1.81. The van der Waals surface area contributed by atoms with Crippen LogP contribution in [-0.2, 0) is 25.8 Å². The average Bonchev–Trinajstić information content (AvgIpc) is 2.61. The van der Waals surface area contributed by atoms with Crippen LogP contribution >= 0.6 is 0 Å². The molecule has 0 amide bonds. The number of carbonyl (C=O) groups excluding carboxylic acids is 1. The van der Waals surface area contributed by atoms with Crippen molar-refractivity contribution in [3.05, 3.63) is 35.9 Å². The first-order valence-electron chi connectivity index (χ1n) is 6.40. The van der Waals surface area contributed by atoms with Gasteiger partial charge in [0.2, 0.25) is 0 Å². The van der Waals surface area contributed by atoms with Gasteiger partial charge in [0.25, 0.3) is 0 Å². The molecule has 1 aromatic carbocycles. The lowest BCUT2D eigenvalue weighted by molar-refractivity contribution is -0.149. The van der Waals surface area contributed by atoms with Crippen molar-refractivity contribution >= 4 is 15.8 Å². The predicted octanol–water partition coefficient (Wildman–Crippen LogP) is 1.60. The van der Waals surface area contributed by atoms with Gasteiger partial charge in [0.15, 0.2) is 9.84 Å². The van der Waals surface area contributed by atoms with Gasteiger partial charge in [-0.2, -0.15) is 0 Å². The molecule has 0 spiro atoms. The van der Waals surface area contributed by atoms with Crippen molar-refractivity contribution in [1.29, 1.82) is 0 Å². The molecule has 1 heterocycles. The molecule has 5 heteroatoms. The molecule has 1 fully saturated rings. The van der Waals surface area contributed by atoms with Crippen LogP contribution in [0.5, 0.6) is 0 Å². The largest absolute Gasteiger partial charge is 0.461 e. The number of hydrogen-bond donors (Lipinski definition) is 0. The average molecular weight is 282 g/mol. The second-order valence-electron chi connectivity index (χ2n) is 5.07. The number of aryl methyl sites for hydroxylation is 1. The van der Waals surface area contributed by atoms with Crippen LogP contribution in [0.4, 0.5) is 0 Å². The van der Waals surface area contributed by atoms with Gasteiger partial charge in [-0.3, -0.25) is 4.79 Å². The van der Waals surface area contributed by atoms with Gasteiger partial charge >= 0.3 is 5.97 Å². The highest BCUT2D eigenvalue weighted by Gasteiger charge is 2.37. The number of sulfone groups is 1. The van der Waals surface area contributed by atoms with Crippen molar-refractivity contribution in [3.8, 4) is 0 Å². The zero-order valence-electron chi connectivity index (χ0n) is 10.9. The summed E-state index contributed by atoms with van der Waals surface area (Å²) in [5.74, 6) is -0.349.